The van der Waals surface area contributed by atoms with Crippen molar-refractivity contribution in [3.05, 3.63) is 40.3 Å². The van der Waals surface area contributed by atoms with Gasteiger partial charge < -0.3 is 5.32 Å². The molecular weight excluding hydrogens is 308 g/mol. The molecule has 0 bridgehead atoms. The second kappa shape index (κ2) is 4.65. The van der Waals surface area contributed by atoms with E-state index in [2.05, 4.69) is 36.4 Å². The molecule has 0 unspecified atom stereocenters. The molecule has 0 amide bonds. The van der Waals surface area contributed by atoms with E-state index in [1.165, 1.54) is 0 Å². The lowest BCUT2D eigenvalue weighted by atomic mass is 10.3. The third-order valence-electron chi connectivity index (χ3n) is 2.85. The SMILES string of the molecule is Cc1nn(C)cc1CNc1nc2ccc(Br)cn2n1. The van der Waals surface area contributed by atoms with Gasteiger partial charge >= 0.3 is 0 Å². The second-order valence-electron chi connectivity index (χ2n) is 4.35. The molecule has 19 heavy (non-hydrogen) atoms. The molecule has 1 N–H and O–H groups in total. The van der Waals surface area contributed by atoms with E-state index in [4.69, 9.17) is 0 Å². The minimum atomic E-state index is 0.612. The van der Waals surface area contributed by atoms with Crippen LogP contribution in [0.25, 0.3) is 5.65 Å². The lowest BCUT2D eigenvalue weighted by molar-refractivity contribution is 0.756. The van der Waals surface area contributed by atoms with Crippen molar-refractivity contribution in [1.29, 1.82) is 0 Å². The Balaban J connectivity index is 1.80. The number of hydrogen-bond acceptors (Lipinski definition) is 4. The Morgan fingerprint density at radius 2 is 2.11 bits per heavy atom. The van der Waals surface area contributed by atoms with Crippen molar-refractivity contribution in [1.82, 2.24) is 24.4 Å². The van der Waals surface area contributed by atoms with E-state index in [-0.39, 0.29) is 0 Å². The summed E-state index contributed by atoms with van der Waals surface area (Å²) < 4.78 is 4.52. The molecule has 0 saturated heterocycles. The number of fused-ring (bicyclic) bond motifs is 1. The first kappa shape index (κ1) is 12.2. The van der Waals surface area contributed by atoms with Gasteiger partial charge in [0.1, 0.15) is 0 Å². The summed E-state index contributed by atoms with van der Waals surface area (Å²) in [6, 6.07) is 3.86. The van der Waals surface area contributed by atoms with Crippen molar-refractivity contribution >= 4 is 27.5 Å². The normalized spacial score (nSPS) is 11.1. The molecular formula is C12H13BrN6. The first-order valence-electron chi connectivity index (χ1n) is 5.87. The quantitative estimate of drug-likeness (QED) is 0.803. The summed E-state index contributed by atoms with van der Waals surface area (Å²) in [6.45, 7) is 2.66. The van der Waals surface area contributed by atoms with Gasteiger partial charge in [0, 0.05) is 36.0 Å². The van der Waals surface area contributed by atoms with E-state index in [0.717, 1.165) is 21.4 Å². The maximum atomic E-state index is 4.40. The van der Waals surface area contributed by atoms with Crippen LogP contribution in [0.1, 0.15) is 11.3 Å². The molecule has 98 valence electrons. The molecule has 0 aliphatic rings. The van der Waals surface area contributed by atoms with Gasteiger partial charge in [-0.2, -0.15) is 10.1 Å². The monoisotopic (exact) mass is 320 g/mol. The zero-order valence-corrected chi connectivity index (χ0v) is 12.2. The molecule has 0 atom stereocenters. The van der Waals surface area contributed by atoms with Crippen LogP contribution in [-0.4, -0.2) is 24.4 Å². The summed E-state index contributed by atoms with van der Waals surface area (Å²) in [6.07, 6.45) is 3.87. The highest BCUT2D eigenvalue weighted by molar-refractivity contribution is 9.10. The summed E-state index contributed by atoms with van der Waals surface area (Å²) in [5.41, 5.74) is 2.97. The molecule has 0 spiro atoms. The molecule has 6 nitrogen and oxygen atoms in total. The highest BCUT2D eigenvalue weighted by atomic mass is 79.9. The van der Waals surface area contributed by atoms with Gasteiger partial charge in [-0.1, -0.05) is 0 Å². The first-order chi connectivity index (χ1) is 9.11. The smallest absolute Gasteiger partial charge is 0.243 e. The predicted molar refractivity (Wildman–Crippen MR) is 76.0 cm³/mol. The molecule has 0 saturated carbocycles. The van der Waals surface area contributed by atoms with Crippen LogP contribution in [0.15, 0.2) is 29.0 Å². The molecule has 0 aromatic carbocycles. The van der Waals surface area contributed by atoms with Crippen LogP contribution in [0.4, 0.5) is 5.95 Å². The van der Waals surface area contributed by atoms with Crippen molar-refractivity contribution in [3.63, 3.8) is 0 Å². The summed E-state index contributed by atoms with van der Waals surface area (Å²) in [5.74, 6) is 0.612. The molecule has 3 rings (SSSR count). The maximum Gasteiger partial charge on any atom is 0.243 e. The molecule has 0 aliphatic heterocycles. The van der Waals surface area contributed by atoms with Crippen molar-refractivity contribution in [2.45, 2.75) is 13.5 Å². The fraction of sp³-hybridized carbons (Fsp3) is 0.250. The summed E-state index contributed by atoms with van der Waals surface area (Å²) in [7, 11) is 1.91. The van der Waals surface area contributed by atoms with Crippen molar-refractivity contribution in [2.75, 3.05) is 5.32 Å². The number of anilines is 1. The zero-order valence-electron chi connectivity index (χ0n) is 10.6. The number of aryl methyl sites for hydroxylation is 2. The average molecular weight is 321 g/mol. The van der Waals surface area contributed by atoms with E-state index in [1.54, 1.807) is 9.20 Å². The Bertz CT molecular complexity index is 729. The molecule has 3 heterocycles. The minimum Gasteiger partial charge on any atom is -0.349 e. The van der Waals surface area contributed by atoms with Crippen molar-refractivity contribution in [2.24, 2.45) is 7.05 Å². The number of hydrogen-bond donors (Lipinski definition) is 1. The molecule has 0 aliphatic carbocycles. The number of nitrogens with zero attached hydrogens (tertiary/aromatic N) is 5. The Labute approximate surface area is 118 Å². The Morgan fingerprint density at radius 1 is 1.26 bits per heavy atom. The lowest BCUT2D eigenvalue weighted by Gasteiger charge is -1.98. The van der Waals surface area contributed by atoms with E-state index in [1.807, 2.05) is 38.5 Å². The first-order valence-corrected chi connectivity index (χ1v) is 6.66. The third kappa shape index (κ3) is 2.46. The van der Waals surface area contributed by atoms with E-state index in [9.17, 15) is 0 Å². The number of aromatic nitrogens is 5. The van der Waals surface area contributed by atoms with Gasteiger partial charge in [-0.15, -0.1) is 5.10 Å². The van der Waals surface area contributed by atoms with E-state index < -0.39 is 0 Å². The van der Waals surface area contributed by atoms with Gasteiger partial charge in [-0.3, -0.25) is 4.68 Å². The fourth-order valence-electron chi connectivity index (χ4n) is 1.93. The van der Waals surface area contributed by atoms with Crippen LogP contribution in [0.2, 0.25) is 0 Å². The molecule has 3 aromatic rings. The largest absolute Gasteiger partial charge is 0.349 e. The van der Waals surface area contributed by atoms with Crippen LogP contribution < -0.4 is 5.32 Å². The highest BCUT2D eigenvalue weighted by Crippen LogP contribution is 2.13. The van der Waals surface area contributed by atoms with Gasteiger partial charge in [0.15, 0.2) is 5.65 Å². The summed E-state index contributed by atoms with van der Waals surface area (Å²) >= 11 is 3.41. The van der Waals surface area contributed by atoms with Gasteiger partial charge in [-0.05, 0) is 35.0 Å². The average Bonchev–Trinajstić information content (AvgIpc) is 2.89. The Morgan fingerprint density at radius 3 is 2.84 bits per heavy atom. The van der Waals surface area contributed by atoms with Crippen LogP contribution >= 0.6 is 15.9 Å². The lowest BCUT2D eigenvalue weighted by Crippen LogP contribution is -2.01. The van der Waals surface area contributed by atoms with Crippen LogP contribution in [0.5, 0.6) is 0 Å². The predicted octanol–water partition coefficient (Wildman–Crippen LogP) is 2.15. The number of pyridine rings is 1. The molecule has 0 radical (unpaired) electrons. The number of halogens is 1. The highest BCUT2D eigenvalue weighted by Gasteiger charge is 2.06. The van der Waals surface area contributed by atoms with E-state index in [0.29, 0.717) is 12.5 Å². The van der Waals surface area contributed by atoms with Crippen LogP contribution in [0, 0.1) is 6.92 Å². The fourth-order valence-corrected chi connectivity index (χ4v) is 2.26. The van der Waals surface area contributed by atoms with Gasteiger partial charge in [0.05, 0.1) is 5.69 Å². The standard InChI is InChI=1S/C12H13BrN6/c1-8-9(6-18(2)16-8)5-14-12-15-11-4-3-10(13)7-19(11)17-12/h3-4,6-7H,5H2,1-2H3,(H,14,17). The van der Waals surface area contributed by atoms with Gasteiger partial charge in [0.25, 0.3) is 0 Å². The minimum absolute atomic E-state index is 0.612. The van der Waals surface area contributed by atoms with Crippen molar-refractivity contribution < 1.29 is 0 Å². The number of rotatable bonds is 3. The van der Waals surface area contributed by atoms with Gasteiger partial charge in [-0.25, -0.2) is 4.52 Å². The molecule has 3 aromatic heterocycles. The van der Waals surface area contributed by atoms with Crippen LogP contribution in [0.3, 0.4) is 0 Å². The topological polar surface area (TPSA) is 60.0 Å². The van der Waals surface area contributed by atoms with E-state index >= 15 is 0 Å². The maximum absolute atomic E-state index is 4.40. The third-order valence-corrected chi connectivity index (χ3v) is 3.32. The molecule has 7 heteroatoms. The Hall–Kier alpha value is -1.89. The zero-order chi connectivity index (χ0) is 13.4. The number of nitrogens with one attached hydrogen (secondary N) is 1. The van der Waals surface area contributed by atoms with Crippen LogP contribution in [-0.2, 0) is 13.6 Å². The van der Waals surface area contributed by atoms with Crippen molar-refractivity contribution in [3.8, 4) is 0 Å². The molecule has 0 fully saturated rings. The second-order valence-corrected chi connectivity index (χ2v) is 5.27. The van der Waals surface area contributed by atoms with Gasteiger partial charge in [0.2, 0.25) is 5.95 Å². The summed E-state index contributed by atoms with van der Waals surface area (Å²) in [5, 5.41) is 11.9. The Kier molecular flexibility index (Phi) is 2.98. The summed E-state index contributed by atoms with van der Waals surface area (Å²) in [4.78, 5) is 4.40.